The number of hydrogen-bond donors (Lipinski definition) is 3. The lowest BCUT2D eigenvalue weighted by Crippen LogP contribution is -2.27. The number of nitrogens with one attached hydrogen (secondary N) is 3. The van der Waals surface area contributed by atoms with Crippen LogP contribution in [0.1, 0.15) is 42.3 Å². The van der Waals surface area contributed by atoms with Crippen LogP contribution in [0.15, 0.2) is 71.6 Å². The van der Waals surface area contributed by atoms with Gasteiger partial charge < -0.3 is 10.6 Å². The Morgan fingerprint density at radius 3 is 2.06 bits per heavy atom. The molecule has 0 aliphatic heterocycles. The molecule has 0 atom stereocenters. The number of amides is 2. The fourth-order valence-corrected chi connectivity index (χ4v) is 4.25. The smallest absolute Gasteiger partial charge is 0.261 e. The Balaban J connectivity index is 1.82. The molecular weight excluding hydrogens is 450 g/mol. The van der Waals surface area contributed by atoms with Crippen LogP contribution < -0.4 is 15.4 Å². The number of benzene rings is 3. The highest BCUT2D eigenvalue weighted by Crippen LogP contribution is 2.24. The molecule has 0 heterocycles. The van der Waals surface area contributed by atoms with Crippen LogP contribution in [0, 0.1) is 19.3 Å². The van der Waals surface area contributed by atoms with Crippen LogP contribution in [-0.2, 0) is 14.8 Å². The van der Waals surface area contributed by atoms with E-state index in [9.17, 15) is 18.0 Å². The van der Waals surface area contributed by atoms with Gasteiger partial charge in [-0.15, -0.1) is 0 Å². The summed E-state index contributed by atoms with van der Waals surface area (Å²) >= 11 is 0. The third kappa shape index (κ3) is 6.02. The summed E-state index contributed by atoms with van der Waals surface area (Å²) < 4.78 is 28.5. The lowest BCUT2D eigenvalue weighted by Gasteiger charge is -2.18. The third-order valence-electron chi connectivity index (χ3n) is 5.21. The van der Waals surface area contributed by atoms with Gasteiger partial charge in [-0.1, -0.05) is 51.1 Å². The summed E-state index contributed by atoms with van der Waals surface area (Å²) in [5, 5.41) is 5.61. The standard InChI is InChI=1S/C26H29N3O4S/c1-17-13-14-21(34(32,33)29-23-12-7-6-9-18(23)2)16-22(17)24(30)27-19-10-8-11-20(15-19)28-25(31)26(3,4)5/h6-16,29H,1-5H3,(H,27,30)(H,28,31). The van der Waals surface area contributed by atoms with Crippen LogP contribution in [0.4, 0.5) is 17.1 Å². The van der Waals surface area contributed by atoms with Gasteiger partial charge in [0.1, 0.15) is 0 Å². The number of anilines is 3. The predicted octanol–water partition coefficient (Wildman–Crippen LogP) is 5.34. The lowest BCUT2D eigenvalue weighted by atomic mass is 9.95. The van der Waals surface area contributed by atoms with Gasteiger partial charge in [0.2, 0.25) is 5.91 Å². The molecule has 0 aliphatic rings. The van der Waals surface area contributed by atoms with E-state index in [-0.39, 0.29) is 16.4 Å². The molecule has 0 aromatic heterocycles. The maximum Gasteiger partial charge on any atom is 0.261 e. The highest BCUT2D eigenvalue weighted by atomic mass is 32.2. The van der Waals surface area contributed by atoms with Crippen LogP contribution in [0.2, 0.25) is 0 Å². The largest absolute Gasteiger partial charge is 0.326 e. The van der Waals surface area contributed by atoms with Crippen LogP contribution in [0.5, 0.6) is 0 Å². The summed E-state index contributed by atoms with van der Waals surface area (Å²) in [7, 11) is -3.89. The molecule has 0 unspecified atom stereocenters. The zero-order valence-corrected chi connectivity index (χ0v) is 20.7. The van der Waals surface area contributed by atoms with Crippen LogP contribution in [0.3, 0.4) is 0 Å². The Labute approximate surface area is 200 Å². The highest BCUT2D eigenvalue weighted by Gasteiger charge is 2.22. The molecule has 0 radical (unpaired) electrons. The number of rotatable bonds is 6. The predicted molar refractivity (Wildman–Crippen MR) is 136 cm³/mol. The zero-order chi connectivity index (χ0) is 25.1. The first-order valence-corrected chi connectivity index (χ1v) is 12.3. The molecule has 0 spiro atoms. The van der Waals surface area contributed by atoms with Crippen molar-refractivity contribution in [3.63, 3.8) is 0 Å². The van der Waals surface area contributed by atoms with E-state index < -0.39 is 21.3 Å². The van der Waals surface area contributed by atoms with E-state index in [0.29, 0.717) is 22.6 Å². The van der Waals surface area contributed by atoms with Crippen molar-refractivity contribution in [3.8, 4) is 0 Å². The average Bonchev–Trinajstić information content (AvgIpc) is 2.75. The average molecular weight is 480 g/mol. The minimum atomic E-state index is -3.89. The molecular formula is C26H29N3O4S. The van der Waals surface area contributed by atoms with Gasteiger partial charge in [0.25, 0.3) is 15.9 Å². The van der Waals surface area contributed by atoms with E-state index in [2.05, 4.69) is 15.4 Å². The van der Waals surface area contributed by atoms with Crippen molar-refractivity contribution in [2.45, 2.75) is 39.5 Å². The molecule has 7 nitrogen and oxygen atoms in total. The normalized spacial score (nSPS) is 11.6. The number of para-hydroxylation sites is 1. The Hall–Kier alpha value is -3.65. The van der Waals surface area contributed by atoms with E-state index in [1.807, 2.05) is 39.8 Å². The molecule has 2 amide bonds. The fourth-order valence-electron chi connectivity index (χ4n) is 3.10. The second-order valence-corrected chi connectivity index (χ2v) is 10.8. The van der Waals surface area contributed by atoms with Crippen molar-refractivity contribution in [2.24, 2.45) is 5.41 Å². The van der Waals surface area contributed by atoms with Gasteiger partial charge in [-0.2, -0.15) is 0 Å². The summed E-state index contributed by atoms with van der Waals surface area (Å²) in [5.41, 5.74) is 2.59. The molecule has 0 aliphatic carbocycles. The number of sulfonamides is 1. The van der Waals surface area contributed by atoms with Crippen LogP contribution in [-0.4, -0.2) is 20.2 Å². The van der Waals surface area contributed by atoms with E-state index in [4.69, 9.17) is 0 Å². The molecule has 3 aromatic carbocycles. The molecule has 8 heteroatoms. The monoisotopic (exact) mass is 479 g/mol. The molecule has 3 aromatic rings. The number of aryl methyl sites for hydroxylation is 2. The van der Waals surface area contributed by atoms with Crippen molar-refractivity contribution in [3.05, 3.63) is 83.4 Å². The van der Waals surface area contributed by atoms with Crippen LogP contribution >= 0.6 is 0 Å². The molecule has 0 bridgehead atoms. The van der Waals surface area contributed by atoms with Gasteiger partial charge in [0.05, 0.1) is 10.6 Å². The molecule has 3 rings (SSSR count). The van der Waals surface area contributed by atoms with E-state index in [1.165, 1.54) is 12.1 Å². The quantitative estimate of drug-likeness (QED) is 0.444. The second kappa shape index (κ2) is 9.69. The molecule has 34 heavy (non-hydrogen) atoms. The Bertz CT molecular complexity index is 1340. The number of carbonyl (C=O) groups is 2. The van der Waals surface area contributed by atoms with Gasteiger partial charge in [-0.3, -0.25) is 14.3 Å². The first-order valence-electron chi connectivity index (χ1n) is 10.8. The second-order valence-electron chi connectivity index (χ2n) is 9.14. The van der Waals surface area contributed by atoms with Gasteiger partial charge in [0.15, 0.2) is 0 Å². The Morgan fingerprint density at radius 2 is 1.41 bits per heavy atom. The highest BCUT2D eigenvalue weighted by molar-refractivity contribution is 7.92. The maximum absolute atomic E-state index is 13.0. The Morgan fingerprint density at radius 1 is 0.765 bits per heavy atom. The van der Waals surface area contributed by atoms with E-state index in [0.717, 1.165) is 5.56 Å². The summed E-state index contributed by atoms with van der Waals surface area (Å²) in [5.74, 6) is -0.601. The minimum absolute atomic E-state index is 0.0160. The SMILES string of the molecule is Cc1ccccc1NS(=O)(=O)c1ccc(C)c(C(=O)Nc2cccc(NC(=O)C(C)(C)C)c2)c1. The van der Waals surface area contributed by atoms with Crippen LogP contribution in [0.25, 0.3) is 0 Å². The fraction of sp³-hybridized carbons (Fsp3) is 0.231. The summed E-state index contributed by atoms with van der Waals surface area (Å²) in [6.45, 7) is 8.98. The zero-order valence-electron chi connectivity index (χ0n) is 19.9. The maximum atomic E-state index is 13.0. The summed E-state index contributed by atoms with van der Waals surface area (Å²) in [6.07, 6.45) is 0. The minimum Gasteiger partial charge on any atom is -0.326 e. The van der Waals surface area contributed by atoms with Gasteiger partial charge in [-0.05, 0) is 61.4 Å². The lowest BCUT2D eigenvalue weighted by molar-refractivity contribution is -0.123. The summed E-state index contributed by atoms with van der Waals surface area (Å²) in [6, 6.07) is 18.3. The number of carbonyl (C=O) groups excluding carboxylic acids is 2. The van der Waals surface area contributed by atoms with Crippen molar-refractivity contribution in [1.82, 2.24) is 0 Å². The topological polar surface area (TPSA) is 104 Å². The van der Waals surface area contributed by atoms with E-state index >= 15 is 0 Å². The van der Waals surface area contributed by atoms with Gasteiger partial charge in [0, 0.05) is 22.4 Å². The number of hydrogen-bond acceptors (Lipinski definition) is 4. The van der Waals surface area contributed by atoms with Crippen molar-refractivity contribution in [2.75, 3.05) is 15.4 Å². The van der Waals surface area contributed by atoms with Crippen molar-refractivity contribution >= 4 is 38.9 Å². The molecule has 0 saturated heterocycles. The van der Waals surface area contributed by atoms with Crippen molar-refractivity contribution < 1.29 is 18.0 Å². The molecule has 3 N–H and O–H groups in total. The van der Waals surface area contributed by atoms with Crippen molar-refractivity contribution in [1.29, 1.82) is 0 Å². The summed E-state index contributed by atoms with van der Waals surface area (Å²) in [4.78, 5) is 25.2. The molecule has 178 valence electrons. The third-order valence-corrected chi connectivity index (χ3v) is 6.58. The first-order chi connectivity index (χ1) is 15.9. The van der Waals surface area contributed by atoms with E-state index in [1.54, 1.807) is 49.4 Å². The molecule has 0 fully saturated rings. The van der Waals surface area contributed by atoms with Gasteiger partial charge in [-0.25, -0.2) is 8.42 Å². The first kappa shape index (κ1) is 25.0. The molecule has 0 saturated carbocycles. The Kier molecular flexibility index (Phi) is 7.12. The van der Waals surface area contributed by atoms with Gasteiger partial charge >= 0.3 is 0 Å².